The van der Waals surface area contributed by atoms with Crippen molar-refractivity contribution >= 4 is 11.4 Å². The minimum Gasteiger partial charge on any atom is -0.361 e. The van der Waals surface area contributed by atoms with Crippen molar-refractivity contribution in [1.82, 2.24) is 0 Å². The van der Waals surface area contributed by atoms with E-state index in [4.69, 9.17) is 5.73 Å². The number of hydrogen-bond acceptors (Lipinski definition) is 4. The van der Waals surface area contributed by atoms with E-state index in [1.165, 1.54) is 0 Å². The van der Waals surface area contributed by atoms with E-state index in [9.17, 15) is 10.1 Å². The molecule has 0 aromatic heterocycles. The van der Waals surface area contributed by atoms with Crippen LogP contribution in [0.4, 0.5) is 11.4 Å². The lowest BCUT2D eigenvalue weighted by Crippen LogP contribution is -2.49. The molecule has 19 heavy (non-hydrogen) atoms. The highest BCUT2D eigenvalue weighted by Crippen LogP contribution is 2.35. The van der Waals surface area contributed by atoms with Crippen molar-refractivity contribution in [2.75, 3.05) is 18.0 Å². The highest BCUT2D eigenvalue weighted by molar-refractivity contribution is 5.65. The maximum absolute atomic E-state index is 11.2. The van der Waals surface area contributed by atoms with Crippen LogP contribution in [0.25, 0.3) is 0 Å². The van der Waals surface area contributed by atoms with Gasteiger partial charge in [0.1, 0.15) is 5.69 Å². The Morgan fingerprint density at radius 2 is 2.26 bits per heavy atom. The van der Waals surface area contributed by atoms with E-state index in [0.717, 1.165) is 24.9 Å². The highest BCUT2D eigenvalue weighted by atomic mass is 16.6. The third-order valence-corrected chi connectivity index (χ3v) is 3.99. The molecule has 2 rings (SSSR count). The minimum absolute atomic E-state index is 0.179. The van der Waals surface area contributed by atoms with Crippen molar-refractivity contribution in [3.63, 3.8) is 0 Å². The summed E-state index contributed by atoms with van der Waals surface area (Å²) in [5, 5.41) is 11.2. The summed E-state index contributed by atoms with van der Waals surface area (Å²) in [7, 11) is 0. The van der Waals surface area contributed by atoms with Crippen LogP contribution in [0.1, 0.15) is 25.3 Å². The summed E-state index contributed by atoms with van der Waals surface area (Å²) in [5.74, 6) is 0.471. The molecule has 1 aromatic carbocycles. The van der Waals surface area contributed by atoms with E-state index in [1.54, 1.807) is 12.1 Å². The quantitative estimate of drug-likeness (QED) is 0.671. The lowest BCUT2D eigenvalue weighted by atomic mass is 9.90. The molecular formula is C14H21N3O2. The smallest absolute Gasteiger partial charge is 0.292 e. The molecule has 0 saturated carbocycles. The molecule has 1 heterocycles. The third kappa shape index (κ3) is 2.71. The first-order valence-electron chi connectivity index (χ1n) is 6.76. The summed E-state index contributed by atoms with van der Waals surface area (Å²) < 4.78 is 0. The number of nitro benzene ring substituents is 1. The molecule has 104 valence electrons. The number of benzene rings is 1. The molecular weight excluding hydrogens is 242 g/mol. The number of aryl methyl sites for hydroxylation is 1. The third-order valence-electron chi connectivity index (χ3n) is 3.99. The standard InChI is InChI=1S/C14H21N3O2/c1-10-5-6-12(17(18)19)13(8-10)16-7-3-4-11(2)14(16)9-15/h5-6,8,11,14H,3-4,7,9,15H2,1-2H3. The van der Waals surface area contributed by atoms with Crippen LogP contribution in [0.3, 0.4) is 0 Å². The van der Waals surface area contributed by atoms with E-state index < -0.39 is 0 Å². The number of nitro groups is 1. The molecule has 0 spiro atoms. The van der Waals surface area contributed by atoms with Crippen molar-refractivity contribution in [1.29, 1.82) is 0 Å². The Balaban J connectivity index is 2.43. The van der Waals surface area contributed by atoms with Crippen LogP contribution >= 0.6 is 0 Å². The Morgan fingerprint density at radius 1 is 1.53 bits per heavy atom. The zero-order chi connectivity index (χ0) is 14.0. The summed E-state index contributed by atoms with van der Waals surface area (Å²) in [6.07, 6.45) is 2.20. The summed E-state index contributed by atoms with van der Waals surface area (Å²) in [6.45, 7) is 5.51. The van der Waals surface area contributed by atoms with Crippen LogP contribution < -0.4 is 10.6 Å². The number of hydrogen-bond donors (Lipinski definition) is 1. The van der Waals surface area contributed by atoms with Gasteiger partial charge in [-0.2, -0.15) is 0 Å². The van der Waals surface area contributed by atoms with E-state index in [1.807, 2.05) is 13.0 Å². The van der Waals surface area contributed by atoms with Gasteiger partial charge in [-0.05, 0) is 37.3 Å². The second kappa shape index (κ2) is 5.57. The molecule has 0 radical (unpaired) electrons. The topological polar surface area (TPSA) is 72.4 Å². The van der Waals surface area contributed by atoms with E-state index >= 15 is 0 Å². The summed E-state index contributed by atoms with van der Waals surface area (Å²) in [5.41, 5.74) is 7.80. The van der Waals surface area contributed by atoms with Crippen molar-refractivity contribution in [2.24, 2.45) is 11.7 Å². The van der Waals surface area contributed by atoms with Crippen LogP contribution in [0.15, 0.2) is 18.2 Å². The van der Waals surface area contributed by atoms with Gasteiger partial charge in [0.25, 0.3) is 5.69 Å². The predicted molar refractivity (Wildman–Crippen MR) is 76.4 cm³/mol. The molecule has 2 N–H and O–H groups in total. The van der Waals surface area contributed by atoms with E-state index in [-0.39, 0.29) is 16.7 Å². The molecule has 1 saturated heterocycles. The van der Waals surface area contributed by atoms with Crippen molar-refractivity contribution in [3.8, 4) is 0 Å². The Kier molecular flexibility index (Phi) is 4.04. The molecule has 0 aliphatic carbocycles. The first-order chi connectivity index (χ1) is 9.04. The van der Waals surface area contributed by atoms with Gasteiger partial charge < -0.3 is 10.6 Å². The van der Waals surface area contributed by atoms with Gasteiger partial charge in [-0.1, -0.05) is 13.0 Å². The number of nitrogens with two attached hydrogens (primary N) is 1. The first-order valence-corrected chi connectivity index (χ1v) is 6.76. The SMILES string of the molecule is Cc1ccc([N+](=O)[O-])c(N2CCCC(C)C2CN)c1. The van der Waals surface area contributed by atoms with Crippen LogP contribution in [-0.2, 0) is 0 Å². The molecule has 5 heteroatoms. The minimum atomic E-state index is -0.304. The van der Waals surface area contributed by atoms with Crippen molar-refractivity contribution < 1.29 is 4.92 Å². The lowest BCUT2D eigenvalue weighted by molar-refractivity contribution is -0.384. The lowest BCUT2D eigenvalue weighted by Gasteiger charge is -2.40. The van der Waals surface area contributed by atoms with Gasteiger partial charge in [-0.25, -0.2) is 0 Å². The monoisotopic (exact) mass is 263 g/mol. The Hall–Kier alpha value is -1.62. The summed E-state index contributed by atoms with van der Waals surface area (Å²) >= 11 is 0. The van der Waals surface area contributed by atoms with Gasteiger partial charge in [-0.15, -0.1) is 0 Å². The Labute approximate surface area is 113 Å². The molecule has 0 amide bonds. The van der Waals surface area contributed by atoms with Gasteiger partial charge in [0.2, 0.25) is 0 Å². The van der Waals surface area contributed by atoms with Crippen LogP contribution in [-0.4, -0.2) is 24.1 Å². The van der Waals surface area contributed by atoms with Gasteiger partial charge in [0.05, 0.1) is 4.92 Å². The largest absolute Gasteiger partial charge is 0.361 e. The number of rotatable bonds is 3. The molecule has 2 unspecified atom stereocenters. The van der Waals surface area contributed by atoms with Crippen molar-refractivity contribution in [2.45, 2.75) is 32.7 Å². The zero-order valence-corrected chi connectivity index (χ0v) is 11.5. The maximum Gasteiger partial charge on any atom is 0.292 e. The number of piperidine rings is 1. The molecule has 1 aliphatic heterocycles. The fourth-order valence-corrected chi connectivity index (χ4v) is 2.93. The molecule has 1 fully saturated rings. The van der Waals surface area contributed by atoms with E-state index in [2.05, 4.69) is 11.8 Å². The number of anilines is 1. The normalized spacial score (nSPS) is 23.4. The fourth-order valence-electron chi connectivity index (χ4n) is 2.93. The van der Waals surface area contributed by atoms with Crippen molar-refractivity contribution in [3.05, 3.63) is 33.9 Å². The molecule has 0 bridgehead atoms. The average molecular weight is 263 g/mol. The van der Waals surface area contributed by atoms with Gasteiger partial charge in [0.15, 0.2) is 0 Å². The summed E-state index contributed by atoms with van der Waals surface area (Å²) in [6, 6.07) is 5.47. The Bertz CT molecular complexity index is 476. The average Bonchev–Trinajstić information content (AvgIpc) is 2.37. The van der Waals surface area contributed by atoms with Gasteiger partial charge in [0, 0.05) is 25.2 Å². The first kappa shape index (κ1) is 13.8. The van der Waals surface area contributed by atoms with Gasteiger partial charge >= 0.3 is 0 Å². The summed E-state index contributed by atoms with van der Waals surface area (Å²) in [4.78, 5) is 13.0. The highest BCUT2D eigenvalue weighted by Gasteiger charge is 2.31. The molecule has 2 atom stereocenters. The fraction of sp³-hybridized carbons (Fsp3) is 0.571. The van der Waals surface area contributed by atoms with Crippen LogP contribution in [0.5, 0.6) is 0 Å². The van der Waals surface area contributed by atoms with Gasteiger partial charge in [-0.3, -0.25) is 10.1 Å². The second-order valence-electron chi connectivity index (χ2n) is 5.37. The molecule has 1 aromatic rings. The maximum atomic E-state index is 11.2. The van der Waals surface area contributed by atoms with Crippen LogP contribution in [0.2, 0.25) is 0 Å². The molecule has 5 nitrogen and oxygen atoms in total. The Morgan fingerprint density at radius 3 is 2.89 bits per heavy atom. The molecule has 1 aliphatic rings. The zero-order valence-electron chi connectivity index (χ0n) is 11.5. The van der Waals surface area contributed by atoms with Crippen LogP contribution in [0, 0.1) is 23.0 Å². The second-order valence-corrected chi connectivity index (χ2v) is 5.37. The number of nitrogens with zero attached hydrogens (tertiary/aromatic N) is 2. The van der Waals surface area contributed by atoms with E-state index in [0.29, 0.717) is 18.2 Å². The predicted octanol–water partition coefficient (Wildman–Crippen LogP) is 2.47.